The van der Waals surface area contributed by atoms with Crippen molar-refractivity contribution < 1.29 is 8.42 Å². The normalized spacial score (nSPS) is 24.7. The smallest absolute Gasteiger partial charge is 0.243 e. The Morgan fingerprint density at radius 2 is 1.95 bits per heavy atom. The van der Waals surface area contributed by atoms with Gasteiger partial charge >= 0.3 is 0 Å². The van der Waals surface area contributed by atoms with Crippen LogP contribution in [-0.2, 0) is 10.0 Å². The average molecular weight is 344 g/mol. The molecule has 1 aromatic rings. The average Bonchev–Trinajstić information content (AvgIpc) is 3.01. The fourth-order valence-electron chi connectivity index (χ4n) is 3.28. The van der Waals surface area contributed by atoms with E-state index in [1.54, 1.807) is 29.4 Å². The van der Waals surface area contributed by atoms with Gasteiger partial charge in [-0.05, 0) is 31.0 Å². The van der Waals surface area contributed by atoms with Gasteiger partial charge in [0, 0.05) is 50.3 Å². The van der Waals surface area contributed by atoms with Crippen LogP contribution in [0.25, 0.3) is 0 Å². The summed E-state index contributed by atoms with van der Waals surface area (Å²) in [7, 11) is -3.46. The molecule has 0 spiro atoms. The molecular weight excluding hydrogens is 322 g/mol. The number of hydrogen-bond acceptors (Lipinski definition) is 4. The summed E-state index contributed by atoms with van der Waals surface area (Å²) in [5.41, 5.74) is 0.634. The van der Waals surface area contributed by atoms with Crippen LogP contribution in [0, 0.1) is 6.92 Å². The number of piperazine rings is 1. The lowest BCUT2D eigenvalue weighted by atomic mass is 10.2. The number of nitrogens with one attached hydrogen (secondary N) is 1. The molecule has 122 valence electrons. The third kappa shape index (κ3) is 3.03. The topological polar surface area (TPSA) is 52.7 Å². The summed E-state index contributed by atoms with van der Waals surface area (Å²) in [6.07, 6.45) is 0.902. The molecular formula is C15H22ClN3O2S. The second-order valence-electron chi connectivity index (χ2n) is 5.95. The summed E-state index contributed by atoms with van der Waals surface area (Å²) < 4.78 is 27.4. The molecule has 1 unspecified atom stereocenters. The van der Waals surface area contributed by atoms with E-state index in [2.05, 4.69) is 10.2 Å². The molecule has 1 atom stereocenters. The van der Waals surface area contributed by atoms with E-state index in [1.165, 1.54) is 0 Å². The van der Waals surface area contributed by atoms with Gasteiger partial charge < -0.3 is 5.32 Å². The number of halogens is 1. The Hall–Kier alpha value is -0.660. The van der Waals surface area contributed by atoms with Gasteiger partial charge in [-0.15, -0.1) is 0 Å². The van der Waals surface area contributed by atoms with Crippen LogP contribution in [0.1, 0.15) is 12.0 Å². The Balaban J connectivity index is 1.78. The number of hydrogen-bond donors (Lipinski definition) is 1. The Morgan fingerprint density at radius 3 is 2.68 bits per heavy atom. The van der Waals surface area contributed by atoms with E-state index in [4.69, 9.17) is 11.6 Å². The maximum atomic E-state index is 12.9. The maximum absolute atomic E-state index is 12.9. The molecule has 3 rings (SSSR count). The van der Waals surface area contributed by atoms with Crippen molar-refractivity contribution >= 4 is 21.6 Å². The molecule has 22 heavy (non-hydrogen) atoms. The molecule has 0 amide bonds. The highest BCUT2D eigenvalue weighted by atomic mass is 35.5. The van der Waals surface area contributed by atoms with E-state index in [0.717, 1.165) is 32.6 Å². The fourth-order valence-corrected chi connectivity index (χ4v) is 5.25. The van der Waals surface area contributed by atoms with Gasteiger partial charge in [0.2, 0.25) is 10.0 Å². The molecule has 0 radical (unpaired) electrons. The number of benzene rings is 1. The number of nitrogens with zero attached hydrogens (tertiary/aromatic N) is 2. The lowest BCUT2D eigenvalue weighted by Crippen LogP contribution is -2.49. The highest BCUT2D eigenvalue weighted by Crippen LogP contribution is 2.28. The Morgan fingerprint density at radius 1 is 1.23 bits per heavy atom. The second kappa shape index (κ2) is 6.45. The van der Waals surface area contributed by atoms with Crippen molar-refractivity contribution in [2.24, 2.45) is 0 Å². The molecule has 7 heteroatoms. The van der Waals surface area contributed by atoms with Gasteiger partial charge in [-0.1, -0.05) is 17.7 Å². The SMILES string of the molecule is Cc1c(Cl)cccc1S(=O)(=O)N1CCC(N2CCNCC2)C1. The number of rotatable bonds is 3. The van der Waals surface area contributed by atoms with Crippen LogP contribution >= 0.6 is 11.6 Å². The Kier molecular flexibility index (Phi) is 4.75. The van der Waals surface area contributed by atoms with Crippen LogP contribution in [-0.4, -0.2) is 62.9 Å². The summed E-state index contributed by atoms with van der Waals surface area (Å²) in [4.78, 5) is 2.73. The van der Waals surface area contributed by atoms with Crippen LogP contribution in [0.3, 0.4) is 0 Å². The van der Waals surface area contributed by atoms with Gasteiger partial charge in [0.25, 0.3) is 0 Å². The van der Waals surface area contributed by atoms with E-state index in [0.29, 0.717) is 34.6 Å². The maximum Gasteiger partial charge on any atom is 0.243 e. The molecule has 2 fully saturated rings. The Bertz CT molecular complexity index is 644. The van der Waals surface area contributed by atoms with Gasteiger partial charge in [-0.25, -0.2) is 8.42 Å². The van der Waals surface area contributed by atoms with Gasteiger partial charge in [0.05, 0.1) is 4.90 Å². The van der Waals surface area contributed by atoms with Crippen molar-refractivity contribution in [1.82, 2.24) is 14.5 Å². The van der Waals surface area contributed by atoms with Crippen molar-refractivity contribution in [3.05, 3.63) is 28.8 Å². The first-order valence-corrected chi connectivity index (χ1v) is 9.52. The zero-order valence-electron chi connectivity index (χ0n) is 12.8. The van der Waals surface area contributed by atoms with Crippen LogP contribution in [0.2, 0.25) is 5.02 Å². The molecule has 2 heterocycles. The van der Waals surface area contributed by atoms with Gasteiger partial charge in [0.15, 0.2) is 0 Å². The third-order valence-corrected chi connectivity index (χ3v) is 7.05. The molecule has 1 N–H and O–H groups in total. The summed E-state index contributed by atoms with van der Waals surface area (Å²) in [6, 6.07) is 5.40. The molecule has 2 aliphatic heterocycles. The first kappa shape index (κ1) is 16.2. The van der Waals surface area contributed by atoms with Crippen molar-refractivity contribution in [2.45, 2.75) is 24.3 Å². The quantitative estimate of drug-likeness (QED) is 0.899. The lowest BCUT2D eigenvalue weighted by molar-refractivity contribution is 0.179. The first-order valence-electron chi connectivity index (χ1n) is 7.70. The monoisotopic (exact) mass is 343 g/mol. The van der Waals surface area contributed by atoms with Crippen LogP contribution in [0.15, 0.2) is 23.1 Å². The van der Waals surface area contributed by atoms with Crippen LogP contribution < -0.4 is 5.32 Å². The summed E-state index contributed by atoms with van der Waals surface area (Å²) in [5.74, 6) is 0. The minimum atomic E-state index is -3.46. The summed E-state index contributed by atoms with van der Waals surface area (Å²) >= 11 is 6.08. The standard InChI is InChI=1S/C15H22ClN3O2S/c1-12-14(16)3-2-4-15(12)22(20,21)19-8-5-13(11-19)18-9-6-17-7-10-18/h2-4,13,17H,5-11H2,1H3. The lowest BCUT2D eigenvalue weighted by Gasteiger charge is -2.32. The van der Waals surface area contributed by atoms with Gasteiger partial charge in [0.1, 0.15) is 0 Å². The van der Waals surface area contributed by atoms with E-state index in [1.807, 2.05) is 0 Å². The second-order valence-corrected chi connectivity index (χ2v) is 8.27. The summed E-state index contributed by atoms with van der Waals surface area (Å²) in [6.45, 7) is 6.88. The van der Waals surface area contributed by atoms with Gasteiger partial charge in [-0.3, -0.25) is 4.90 Å². The predicted octanol–water partition coefficient (Wildman–Crippen LogP) is 1.32. The molecule has 0 aromatic heterocycles. The highest BCUT2D eigenvalue weighted by Gasteiger charge is 2.36. The minimum Gasteiger partial charge on any atom is -0.314 e. The molecule has 0 saturated carbocycles. The van der Waals surface area contributed by atoms with Crippen molar-refractivity contribution in [3.8, 4) is 0 Å². The van der Waals surface area contributed by atoms with Crippen molar-refractivity contribution in [1.29, 1.82) is 0 Å². The zero-order chi connectivity index (χ0) is 15.7. The molecule has 0 aliphatic carbocycles. The van der Waals surface area contributed by atoms with E-state index >= 15 is 0 Å². The van der Waals surface area contributed by atoms with E-state index in [9.17, 15) is 8.42 Å². The molecule has 2 saturated heterocycles. The van der Waals surface area contributed by atoms with E-state index < -0.39 is 10.0 Å². The van der Waals surface area contributed by atoms with Crippen LogP contribution in [0.4, 0.5) is 0 Å². The fraction of sp³-hybridized carbons (Fsp3) is 0.600. The van der Waals surface area contributed by atoms with Gasteiger partial charge in [-0.2, -0.15) is 4.31 Å². The first-order chi connectivity index (χ1) is 10.5. The van der Waals surface area contributed by atoms with Crippen molar-refractivity contribution in [3.63, 3.8) is 0 Å². The van der Waals surface area contributed by atoms with Crippen molar-refractivity contribution in [2.75, 3.05) is 39.3 Å². The van der Waals surface area contributed by atoms with E-state index in [-0.39, 0.29) is 0 Å². The molecule has 0 bridgehead atoms. The summed E-state index contributed by atoms with van der Waals surface area (Å²) in [5, 5.41) is 3.83. The molecule has 1 aromatic carbocycles. The molecule has 2 aliphatic rings. The highest BCUT2D eigenvalue weighted by molar-refractivity contribution is 7.89. The Labute approximate surface area is 137 Å². The van der Waals surface area contributed by atoms with Crippen LogP contribution in [0.5, 0.6) is 0 Å². The number of sulfonamides is 1. The third-order valence-electron chi connectivity index (χ3n) is 4.63. The minimum absolute atomic E-state index is 0.330. The molecule has 5 nitrogen and oxygen atoms in total. The largest absolute Gasteiger partial charge is 0.314 e. The predicted molar refractivity (Wildman–Crippen MR) is 87.8 cm³/mol. The zero-order valence-corrected chi connectivity index (χ0v) is 14.3.